The minimum absolute atomic E-state index is 0.138. The summed E-state index contributed by atoms with van der Waals surface area (Å²) < 4.78 is 5.65. The largest absolute Gasteiger partial charge is 0.378 e. The Bertz CT molecular complexity index is 491. The first-order valence-electron chi connectivity index (χ1n) is 8.84. The van der Waals surface area contributed by atoms with Crippen LogP contribution in [-0.2, 0) is 4.74 Å². The van der Waals surface area contributed by atoms with E-state index in [9.17, 15) is 4.79 Å². The van der Waals surface area contributed by atoms with Crippen LogP contribution in [0.1, 0.15) is 50.9 Å². The van der Waals surface area contributed by atoms with Crippen LogP contribution in [-0.4, -0.2) is 49.2 Å². The van der Waals surface area contributed by atoms with Crippen LogP contribution in [0, 0.1) is 0 Å². The standard InChI is InChI=1S/C19H30N2O2/c1-5-21(15(3)4)17-9-7-16(8-10-17)19(22)20-13-11-18(12-14-20)23-6-2/h7-10,15,18H,5-6,11-14H2,1-4H3. The van der Waals surface area contributed by atoms with Crippen molar-refractivity contribution in [3.8, 4) is 0 Å². The maximum absolute atomic E-state index is 12.6. The van der Waals surface area contributed by atoms with Crippen LogP contribution in [0.3, 0.4) is 0 Å². The molecule has 1 aromatic rings. The molecule has 0 radical (unpaired) electrons. The highest BCUT2D eigenvalue weighted by Gasteiger charge is 2.23. The van der Waals surface area contributed by atoms with Gasteiger partial charge < -0.3 is 14.5 Å². The Morgan fingerprint density at radius 1 is 1.22 bits per heavy atom. The zero-order valence-corrected chi connectivity index (χ0v) is 14.9. The van der Waals surface area contributed by atoms with Crippen molar-refractivity contribution < 1.29 is 9.53 Å². The van der Waals surface area contributed by atoms with E-state index >= 15 is 0 Å². The predicted octanol–water partition coefficient (Wildman–Crippen LogP) is 3.56. The summed E-state index contributed by atoms with van der Waals surface area (Å²) in [6.07, 6.45) is 2.19. The SMILES string of the molecule is CCOC1CCN(C(=O)c2ccc(N(CC)C(C)C)cc2)CC1. The van der Waals surface area contributed by atoms with Gasteiger partial charge in [-0.3, -0.25) is 4.79 Å². The Balaban J connectivity index is 1.98. The van der Waals surface area contributed by atoms with Gasteiger partial charge in [0.05, 0.1) is 6.10 Å². The molecule has 0 unspecified atom stereocenters. The number of likely N-dealkylation sites (tertiary alicyclic amines) is 1. The first-order valence-corrected chi connectivity index (χ1v) is 8.84. The van der Waals surface area contributed by atoms with Crippen molar-refractivity contribution in [2.75, 3.05) is 31.1 Å². The molecule has 0 spiro atoms. The molecule has 1 saturated heterocycles. The lowest BCUT2D eigenvalue weighted by molar-refractivity contribution is 0.0146. The summed E-state index contributed by atoms with van der Waals surface area (Å²) in [6.45, 7) is 11.9. The first-order chi connectivity index (χ1) is 11.1. The van der Waals surface area contributed by atoms with Crippen LogP contribution in [0.5, 0.6) is 0 Å². The number of piperidine rings is 1. The smallest absolute Gasteiger partial charge is 0.253 e. The zero-order chi connectivity index (χ0) is 16.8. The predicted molar refractivity (Wildman–Crippen MR) is 95.1 cm³/mol. The van der Waals surface area contributed by atoms with Crippen molar-refractivity contribution in [3.63, 3.8) is 0 Å². The third-order valence-corrected chi connectivity index (χ3v) is 4.54. The summed E-state index contributed by atoms with van der Waals surface area (Å²) in [5, 5.41) is 0. The van der Waals surface area contributed by atoms with E-state index in [1.165, 1.54) is 5.69 Å². The molecule has 1 aliphatic rings. The van der Waals surface area contributed by atoms with Gasteiger partial charge >= 0.3 is 0 Å². The normalized spacial score (nSPS) is 16.0. The molecular weight excluding hydrogens is 288 g/mol. The van der Waals surface area contributed by atoms with Gasteiger partial charge in [-0.2, -0.15) is 0 Å². The molecule has 0 aliphatic carbocycles. The summed E-state index contributed by atoms with van der Waals surface area (Å²) in [4.78, 5) is 16.9. The quantitative estimate of drug-likeness (QED) is 0.804. The number of rotatable bonds is 6. The van der Waals surface area contributed by atoms with Gasteiger partial charge in [-0.15, -0.1) is 0 Å². The lowest BCUT2D eigenvalue weighted by Gasteiger charge is -2.32. The van der Waals surface area contributed by atoms with E-state index in [0.717, 1.165) is 44.6 Å². The zero-order valence-electron chi connectivity index (χ0n) is 14.9. The van der Waals surface area contributed by atoms with Gasteiger partial charge in [0.1, 0.15) is 0 Å². The molecule has 128 valence electrons. The van der Waals surface area contributed by atoms with Crippen molar-refractivity contribution in [1.82, 2.24) is 4.90 Å². The molecule has 2 rings (SSSR count). The number of benzene rings is 1. The Morgan fingerprint density at radius 2 is 1.83 bits per heavy atom. The van der Waals surface area contributed by atoms with Crippen LogP contribution in [0.25, 0.3) is 0 Å². The molecule has 1 aromatic carbocycles. The van der Waals surface area contributed by atoms with Crippen LogP contribution >= 0.6 is 0 Å². The number of carbonyl (C=O) groups is 1. The summed E-state index contributed by atoms with van der Waals surface area (Å²) in [5.41, 5.74) is 1.96. The Kier molecular flexibility index (Phi) is 6.46. The highest BCUT2D eigenvalue weighted by molar-refractivity contribution is 5.94. The van der Waals surface area contributed by atoms with Gasteiger partial charge in [0.25, 0.3) is 5.91 Å². The van der Waals surface area contributed by atoms with E-state index in [1.807, 2.05) is 24.0 Å². The van der Waals surface area contributed by atoms with E-state index in [-0.39, 0.29) is 5.91 Å². The fourth-order valence-electron chi connectivity index (χ4n) is 3.29. The van der Waals surface area contributed by atoms with Gasteiger partial charge in [0, 0.05) is 43.5 Å². The fourth-order valence-corrected chi connectivity index (χ4v) is 3.29. The van der Waals surface area contributed by atoms with E-state index in [0.29, 0.717) is 12.1 Å². The molecule has 1 amide bonds. The summed E-state index contributed by atoms with van der Waals surface area (Å²) in [6, 6.07) is 8.49. The topological polar surface area (TPSA) is 32.8 Å². The number of hydrogen-bond acceptors (Lipinski definition) is 3. The monoisotopic (exact) mass is 318 g/mol. The van der Waals surface area contributed by atoms with Crippen LogP contribution in [0.2, 0.25) is 0 Å². The van der Waals surface area contributed by atoms with E-state index in [1.54, 1.807) is 0 Å². The van der Waals surface area contributed by atoms with Crippen LogP contribution in [0.4, 0.5) is 5.69 Å². The number of nitrogens with zero attached hydrogens (tertiary/aromatic N) is 2. The molecule has 0 aromatic heterocycles. The van der Waals surface area contributed by atoms with Crippen molar-refractivity contribution in [1.29, 1.82) is 0 Å². The van der Waals surface area contributed by atoms with Crippen LogP contribution in [0.15, 0.2) is 24.3 Å². The maximum Gasteiger partial charge on any atom is 0.253 e. The lowest BCUT2D eigenvalue weighted by Crippen LogP contribution is -2.40. The van der Waals surface area contributed by atoms with Crippen LogP contribution < -0.4 is 4.90 Å². The van der Waals surface area contributed by atoms with Gasteiger partial charge in [-0.05, 0) is 64.8 Å². The minimum Gasteiger partial charge on any atom is -0.378 e. The van der Waals surface area contributed by atoms with Gasteiger partial charge in [-0.1, -0.05) is 0 Å². The molecule has 0 saturated carbocycles. The Morgan fingerprint density at radius 3 is 2.30 bits per heavy atom. The van der Waals surface area contributed by atoms with Crippen molar-refractivity contribution in [2.45, 2.75) is 52.7 Å². The molecule has 23 heavy (non-hydrogen) atoms. The fraction of sp³-hybridized carbons (Fsp3) is 0.632. The van der Waals surface area contributed by atoms with Crippen molar-refractivity contribution in [2.24, 2.45) is 0 Å². The number of hydrogen-bond donors (Lipinski definition) is 0. The molecule has 0 atom stereocenters. The van der Waals surface area contributed by atoms with Crippen molar-refractivity contribution >= 4 is 11.6 Å². The van der Waals surface area contributed by atoms with E-state index in [4.69, 9.17) is 4.74 Å². The minimum atomic E-state index is 0.138. The van der Waals surface area contributed by atoms with E-state index in [2.05, 4.69) is 37.8 Å². The second kappa shape index (κ2) is 8.34. The third kappa shape index (κ3) is 4.47. The average Bonchev–Trinajstić information content (AvgIpc) is 2.56. The molecular formula is C19H30N2O2. The molecule has 4 heteroatoms. The summed E-state index contributed by atoms with van der Waals surface area (Å²) >= 11 is 0. The number of carbonyl (C=O) groups excluding carboxylic acids is 1. The molecule has 1 heterocycles. The highest BCUT2D eigenvalue weighted by Crippen LogP contribution is 2.20. The molecule has 1 aliphatic heterocycles. The molecule has 0 bridgehead atoms. The van der Waals surface area contributed by atoms with Gasteiger partial charge in [0.15, 0.2) is 0 Å². The molecule has 4 nitrogen and oxygen atoms in total. The number of ether oxygens (including phenoxy) is 1. The second-order valence-corrected chi connectivity index (χ2v) is 6.37. The Labute approximate surface area is 140 Å². The third-order valence-electron chi connectivity index (χ3n) is 4.54. The first kappa shape index (κ1) is 17.8. The number of amides is 1. The summed E-state index contributed by atoms with van der Waals surface area (Å²) in [7, 11) is 0. The molecule has 1 fully saturated rings. The number of anilines is 1. The second-order valence-electron chi connectivity index (χ2n) is 6.37. The van der Waals surface area contributed by atoms with Gasteiger partial charge in [-0.25, -0.2) is 0 Å². The average molecular weight is 318 g/mol. The lowest BCUT2D eigenvalue weighted by atomic mass is 10.1. The van der Waals surface area contributed by atoms with Crippen molar-refractivity contribution in [3.05, 3.63) is 29.8 Å². The molecule has 0 N–H and O–H groups in total. The Hall–Kier alpha value is -1.55. The summed E-state index contributed by atoms with van der Waals surface area (Å²) in [5.74, 6) is 0.138. The highest BCUT2D eigenvalue weighted by atomic mass is 16.5. The maximum atomic E-state index is 12.6. The van der Waals surface area contributed by atoms with E-state index < -0.39 is 0 Å². The van der Waals surface area contributed by atoms with Gasteiger partial charge in [0.2, 0.25) is 0 Å².